The lowest BCUT2D eigenvalue weighted by molar-refractivity contribution is -0.137. The Balaban J connectivity index is 1.83. The minimum absolute atomic E-state index is 0.00955. The quantitative estimate of drug-likeness (QED) is 0.418. The Kier molecular flexibility index (Phi) is 6.93. The third-order valence-electron chi connectivity index (χ3n) is 4.09. The highest BCUT2D eigenvalue weighted by Crippen LogP contribution is 2.32. The van der Waals surface area contributed by atoms with Gasteiger partial charge in [0.05, 0.1) is 11.1 Å². The van der Waals surface area contributed by atoms with Gasteiger partial charge in [-0.1, -0.05) is 23.4 Å². The Morgan fingerprint density at radius 2 is 1.72 bits per heavy atom. The second-order valence-electron chi connectivity index (χ2n) is 6.26. The van der Waals surface area contributed by atoms with Crippen molar-refractivity contribution in [1.29, 1.82) is 0 Å². The summed E-state index contributed by atoms with van der Waals surface area (Å²) < 4.78 is 49.5. The number of pyridine rings is 1. The van der Waals surface area contributed by atoms with Gasteiger partial charge in [-0.15, -0.1) is 0 Å². The van der Waals surface area contributed by atoms with Crippen molar-refractivity contribution in [2.75, 3.05) is 14.2 Å². The molecule has 0 radical (unpaired) electrons. The molecular weight excluding hydrogens is 427 g/mol. The zero-order chi connectivity index (χ0) is 23.1. The number of carbonyl (C=O) groups excluding carboxylic acids is 1. The number of carbonyl (C=O) groups is 1. The number of ether oxygens (including phenoxy) is 2. The van der Waals surface area contributed by atoms with E-state index in [0.717, 1.165) is 12.1 Å². The molecule has 32 heavy (non-hydrogen) atoms. The molecule has 0 atom stereocenters. The summed E-state index contributed by atoms with van der Waals surface area (Å²) >= 11 is 0. The standard InChI is InChI=1S/C22H18F3N3O4/c1-26-21(29)20(28-30-2)17-8-3-4-9-18(17)31-15-6-5-7-16(12-15)32-19-11-10-14(13-27-19)22(23,24)25/h3-13H,1-2H3,(H,26,29). The summed E-state index contributed by atoms with van der Waals surface area (Å²) in [5, 5.41) is 6.26. The molecule has 3 rings (SSSR count). The number of oxime groups is 1. The third-order valence-corrected chi connectivity index (χ3v) is 4.09. The van der Waals surface area contributed by atoms with Gasteiger partial charge in [-0.25, -0.2) is 4.98 Å². The Labute approximate surface area is 181 Å². The number of benzene rings is 2. The van der Waals surface area contributed by atoms with Crippen molar-refractivity contribution in [3.63, 3.8) is 0 Å². The average Bonchev–Trinajstić information content (AvgIpc) is 2.77. The summed E-state index contributed by atoms with van der Waals surface area (Å²) in [5.41, 5.74) is -0.459. The number of nitrogens with one attached hydrogen (secondary N) is 1. The fourth-order valence-electron chi connectivity index (χ4n) is 2.63. The zero-order valence-corrected chi connectivity index (χ0v) is 17.0. The predicted molar refractivity (Wildman–Crippen MR) is 110 cm³/mol. The number of aromatic nitrogens is 1. The molecule has 0 bridgehead atoms. The molecule has 0 aliphatic heterocycles. The van der Waals surface area contributed by atoms with Crippen molar-refractivity contribution < 1.29 is 32.3 Å². The van der Waals surface area contributed by atoms with Gasteiger partial charge < -0.3 is 19.6 Å². The molecule has 1 amide bonds. The fourth-order valence-corrected chi connectivity index (χ4v) is 2.63. The van der Waals surface area contributed by atoms with Crippen molar-refractivity contribution in [1.82, 2.24) is 10.3 Å². The van der Waals surface area contributed by atoms with E-state index in [1.165, 1.54) is 20.2 Å². The van der Waals surface area contributed by atoms with Crippen LogP contribution in [-0.2, 0) is 15.8 Å². The number of nitrogens with zero attached hydrogens (tertiary/aromatic N) is 2. The molecule has 2 aromatic carbocycles. The van der Waals surface area contributed by atoms with Gasteiger partial charge in [0.15, 0.2) is 5.71 Å². The number of hydrogen-bond donors (Lipinski definition) is 1. The van der Waals surface area contributed by atoms with Gasteiger partial charge in [0.2, 0.25) is 5.88 Å². The summed E-state index contributed by atoms with van der Waals surface area (Å²) in [7, 11) is 2.79. The van der Waals surface area contributed by atoms with Crippen LogP contribution < -0.4 is 14.8 Å². The lowest BCUT2D eigenvalue weighted by Gasteiger charge is -2.13. The molecule has 166 valence electrons. The van der Waals surface area contributed by atoms with E-state index in [9.17, 15) is 18.0 Å². The first-order valence-electron chi connectivity index (χ1n) is 9.23. The van der Waals surface area contributed by atoms with Gasteiger partial charge in [0.25, 0.3) is 5.91 Å². The van der Waals surface area contributed by atoms with Crippen LogP contribution in [0.4, 0.5) is 13.2 Å². The minimum Gasteiger partial charge on any atom is -0.457 e. The number of rotatable bonds is 7. The summed E-state index contributed by atoms with van der Waals surface area (Å²) in [4.78, 5) is 20.6. The van der Waals surface area contributed by atoms with Crippen LogP contribution in [0.25, 0.3) is 0 Å². The Morgan fingerprint density at radius 3 is 2.34 bits per heavy atom. The van der Waals surface area contributed by atoms with Crippen LogP contribution in [0.2, 0.25) is 0 Å². The highest BCUT2D eigenvalue weighted by Gasteiger charge is 2.30. The first kappa shape index (κ1) is 22.6. The van der Waals surface area contributed by atoms with Crippen LogP contribution in [0.5, 0.6) is 23.1 Å². The molecule has 3 aromatic rings. The number of likely N-dealkylation sites (N-methyl/N-ethyl adjacent to an activating group) is 1. The largest absolute Gasteiger partial charge is 0.457 e. The molecule has 1 aromatic heterocycles. The molecule has 0 spiro atoms. The van der Waals surface area contributed by atoms with Crippen LogP contribution in [0, 0.1) is 0 Å². The Bertz CT molecular complexity index is 1120. The molecule has 7 nitrogen and oxygen atoms in total. The van der Waals surface area contributed by atoms with E-state index in [4.69, 9.17) is 14.3 Å². The highest BCUT2D eigenvalue weighted by molar-refractivity contribution is 6.45. The lowest BCUT2D eigenvalue weighted by atomic mass is 10.1. The van der Waals surface area contributed by atoms with E-state index in [2.05, 4.69) is 15.5 Å². The Hall–Kier alpha value is -4.08. The van der Waals surface area contributed by atoms with E-state index >= 15 is 0 Å². The van der Waals surface area contributed by atoms with Gasteiger partial charge >= 0.3 is 6.18 Å². The molecule has 0 aliphatic rings. The molecule has 0 saturated carbocycles. The molecule has 10 heteroatoms. The van der Waals surface area contributed by atoms with Gasteiger partial charge in [-0.3, -0.25) is 4.79 Å². The molecule has 0 fully saturated rings. The van der Waals surface area contributed by atoms with Crippen LogP contribution in [-0.4, -0.2) is 30.8 Å². The monoisotopic (exact) mass is 445 g/mol. The third kappa shape index (κ3) is 5.54. The van der Waals surface area contributed by atoms with Gasteiger partial charge in [-0.05, 0) is 30.3 Å². The zero-order valence-electron chi connectivity index (χ0n) is 17.0. The maximum atomic E-state index is 12.7. The van der Waals surface area contributed by atoms with Gasteiger partial charge in [0.1, 0.15) is 24.4 Å². The summed E-state index contributed by atoms with van der Waals surface area (Å²) in [6, 6.07) is 15.2. The SMILES string of the molecule is CNC(=O)C(=NOC)c1ccccc1Oc1cccc(Oc2ccc(C(F)(F)F)cn2)c1. The number of amides is 1. The first-order valence-corrected chi connectivity index (χ1v) is 9.23. The van der Waals surface area contributed by atoms with E-state index < -0.39 is 17.6 Å². The summed E-state index contributed by atoms with van der Waals surface area (Å²) in [5.74, 6) is 0.509. The van der Waals surface area contributed by atoms with Crippen LogP contribution in [0.1, 0.15) is 11.1 Å². The average molecular weight is 445 g/mol. The van der Waals surface area contributed by atoms with Gasteiger partial charge in [0, 0.05) is 25.4 Å². The highest BCUT2D eigenvalue weighted by atomic mass is 19.4. The van der Waals surface area contributed by atoms with Crippen molar-refractivity contribution in [3.8, 4) is 23.1 Å². The smallest absolute Gasteiger partial charge is 0.417 e. The second-order valence-corrected chi connectivity index (χ2v) is 6.26. The Morgan fingerprint density at radius 1 is 1.00 bits per heavy atom. The number of para-hydroxylation sites is 1. The van der Waals surface area contributed by atoms with Crippen LogP contribution >= 0.6 is 0 Å². The van der Waals surface area contributed by atoms with E-state index in [0.29, 0.717) is 29.0 Å². The van der Waals surface area contributed by atoms with Crippen LogP contribution in [0.3, 0.4) is 0 Å². The lowest BCUT2D eigenvalue weighted by Crippen LogP contribution is -2.28. The summed E-state index contributed by atoms with van der Waals surface area (Å²) in [6.45, 7) is 0. The number of halogens is 3. The maximum absolute atomic E-state index is 12.7. The molecule has 1 heterocycles. The second kappa shape index (κ2) is 9.82. The predicted octanol–water partition coefficient (Wildman–Crippen LogP) is 4.78. The molecule has 0 unspecified atom stereocenters. The van der Waals surface area contributed by atoms with E-state index in [1.54, 1.807) is 42.5 Å². The topological polar surface area (TPSA) is 82.0 Å². The maximum Gasteiger partial charge on any atom is 0.417 e. The van der Waals surface area contributed by atoms with Crippen molar-refractivity contribution in [2.45, 2.75) is 6.18 Å². The van der Waals surface area contributed by atoms with E-state index in [1.807, 2.05) is 0 Å². The normalized spacial score (nSPS) is 11.6. The molecule has 0 saturated heterocycles. The molecule has 0 aliphatic carbocycles. The van der Waals surface area contributed by atoms with Gasteiger partial charge in [-0.2, -0.15) is 13.2 Å². The number of alkyl halides is 3. The first-order chi connectivity index (χ1) is 15.3. The molecular formula is C22H18F3N3O4. The van der Waals surface area contributed by atoms with Crippen LogP contribution in [0.15, 0.2) is 72.0 Å². The summed E-state index contributed by atoms with van der Waals surface area (Å²) in [6.07, 6.45) is -3.78. The van der Waals surface area contributed by atoms with Crippen molar-refractivity contribution >= 4 is 11.6 Å². The fraction of sp³-hybridized carbons (Fsp3) is 0.136. The van der Waals surface area contributed by atoms with Crippen molar-refractivity contribution in [3.05, 3.63) is 78.0 Å². The molecule has 1 N–H and O–H groups in total. The number of hydrogen-bond acceptors (Lipinski definition) is 6. The minimum atomic E-state index is -4.48. The van der Waals surface area contributed by atoms with Crippen molar-refractivity contribution in [2.24, 2.45) is 5.16 Å². The van der Waals surface area contributed by atoms with E-state index in [-0.39, 0.29) is 11.6 Å².